The zero-order chi connectivity index (χ0) is 16.9. The second kappa shape index (κ2) is 5.38. The molecule has 1 amide bonds. The van der Waals surface area contributed by atoms with Crippen LogP contribution >= 0.6 is 0 Å². The van der Waals surface area contributed by atoms with Gasteiger partial charge in [0, 0.05) is 6.54 Å². The fraction of sp³-hybridized carbons (Fsp3) is 0.846. The fourth-order valence-electron chi connectivity index (χ4n) is 3.04. The molecule has 126 valence electrons. The molecule has 2 rings (SSSR count). The molecule has 2 aliphatic rings. The molecule has 9 heteroatoms. The fourth-order valence-corrected chi connectivity index (χ4v) is 5.06. The number of ether oxygens (including phenoxy) is 2. The van der Waals surface area contributed by atoms with E-state index in [2.05, 4.69) is 0 Å². The minimum atomic E-state index is -4.09. The van der Waals surface area contributed by atoms with Crippen LogP contribution in [0.25, 0.3) is 0 Å². The van der Waals surface area contributed by atoms with Crippen LogP contribution in [0.15, 0.2) is 0 Å². The van der Waals surface area contributed by atoms with Gasteiger partial charge in [-0.05, 0) is 25.7 Å². The van der Waals surface area contributed by atoms with Crippen molar-refractivity contribution in [2.24, 2.45) is 5.41 Å². The number of hydrogen-bond donors (Lipinski definition) is 0. The van der Waals surface area contributed by atoms with E-state index >= 15 is 0 Å². The number of rotatable bonds is 2. The van der Waals surface area contributed by atoms with Gasteiger partial charge in [-0.25, -0.2) is 9.59 Å². The van der Waals surface area contributed by atoms with Gasteiger partial charge in [0.2, 0.25) is 0 Å². The Morgan fingerprint density at radius 1 is 1.27 bits per heavy atom. The van der Waals surface area contributed by atoms with Crippen LogP contribution in [0.4, 0.5) is 4.79 Å². The lowest BCUT2D eigenvalue weighted by Gasteiger charge is -2.26. The maximum absolute atomic E-state index is 12.7. The van der Waals surface area contributed by atoms with Gasteiger partial charge in [-0.2, -0.15) is 17.0 Å². The van der Waals surface area contributed by atoms with Gasteiger partial charge in [0.05, 0.1) is 19.3 Å². The average molecular weight is 334 g/mol. The normalized spacial score (nSPS) is 29.5. The standard InChI is InChI=1S/C13H22N2O6S/c1-8(2)21-12(17)15-10(11(16)20-5)9-6-13(3,4)7-14(9)22(15,18)19/h8-10H,6-7H2,1-5H3/t9-,10+/m0/s1. The quantitative estimate of drug-likeness (QED) is 0.691. The van der Waals surface area contributed by atoms with Crippen molar-refractivity contribution in [3.8, 4) is 0 Å². The third-order valence-electron chi connectivity index (χ3n) is 3.84. The van der Waals surface area contributed by atoms with E-state index in [1.165, 1.54) is 11.4 Å². The second-order valence-electron chi connectivity index (χ2n) is 6.69. The van der Waals surface area contributed by atoms with E-state index < -0.39 is 40.5 Å². The molecule has 0 radical (unpaired) electrons. The zero-order valence-electron chi connectivity index (χ0n) is 13.4. The molecule has 8 nitrogen and oxygen atoms in total. The number of nitrogens with zero attached hydrogens (tertiary/aromatic N) is 2. The van der Waals surface area contributed by atoms with Crippen LogP contribution in [0, 0.1) is 5.41 Å². The molecule has 0 aromatic carbocycles. The first kappa shape index (κ1) is 17.0. The Morgan fingerprint density at radius 3 is 2.36 bits per heavy atom. The van der Waals surface area contributed by atoms with Gasteiger partial charge in [0.25, 0.3) is 0 Å². The van der Waals surface area contributed by atoms with Crippen molar-refractivity contribution < 1.29 is 27.5 Å². The lowest BCUT2D eigenvalue weighted by molar-refractivity contribution is -0.145. The summed E-state index contributed by atoms with van der Waals surface area (Å²) in [5.41, 5.74) is -0.266. The van der Waals surface area contributed by atoms with E-state index in [-0.39, 0.29) is 12.0 Å². The maximum Gasteiger partial charge on any atom is 0.425 e. The highest BCUT2D eigenvalue weighted by Crippen LogP contribution is 2.44. The summed E-state index contributed by atoms with van der Waals surface area (Å²) < 4.78 is 36.7. The molecule has 2 heterocycles. The van der Waals surface area contributed by atoms with Gasteiger partial charge >= 0.3 is 22.3 Å². The van der Waals surface area contributed by atoms with Crippen molar-refractivity contribution in [1.29, 1.82) is 0 Å². The Bertz CT molecular complexity index is 585. The number of carbonyl (C=O) groups excluding carboxylic acids is 2. The number of hydrogen-bond acceptors (Lipinski definition) is 6. The summed E-state index contributed by atoms with van der Waals surface area (Å²) in [5, 5.41) is 0. The minimum Gasteiger partial charge on any atom is -0.467 e. The van der Waals surface area contributed by atoms with Crippen LogP contribution < -0.4 is 0 Å². The summed E-state index contributed by atoms with van der Waals surface area (Å²) in [4.78, 5) is 24.3. The van der Waals surface area contributed by atoms with Gasteiger partial charge in [0.15, 0.2) is 6.04 Å². The Hall–Kier alpha value is -1.35. The van der Waals surface area contributed by atoms with Gasteiger partial charge < -0.3 is 9.47 Å². The summed E-state index contributed by atoms with van der Waals surface area (Å²) in [6.45, 7) is 7.31. The zero-order valence-corrected chi connectivity index (χ0v) is 14.2. The molecule has 2 fully saturated rings. The molecule has 0 bridgehead atoms. The van der Waals surface area contributed by atoms with E-state index in [4.69, 9.17) is 9.47 Å². The van der Waals surface area contributed by atoms with Crippen molar-refractivity contribution in [2.45, 2.75) is 52.3 Å². The molecule has 0 N–H and O–H groups in total. The van der Waals surface area contributed by atoms with Crippen molar-refractivity contribution in [1.82, 2.24) is 8.61 Å². The highest BCUT2D eigenvalue weighted by molar-refractivity contribution is 7.87. The van der Waals surface area contributed by atoms with Gasteiger partial charge in [-0.1, -0.05) is 13.8 Å². The highest BCUT2D eigenvalue weighted by Gasteiger charge is 2.62. The molecule has 22 heavy (non-hydrogen) atoms. The Balaban J connectivity index is 2.44. The largest absolute Gasteiger partial charge is 0.467 e. The number of amides is 1. The summed E-state index contributed by atoms with van der Waals surface area (Å²) in [7, 11) is -2.92. The maximum atomic E-state index is 12.7. The molecule has 0 spiro atoms. The third kappa shape index (κ3) is 2.67. The van der Waals surface area contributed by atoms with Crippen LogP contribution in [0.5, 0.6) is 0 Å². The average Bonchev–Trinajstić information content (AvgIpc) is 2.78. The van der Waals surface area contributed by atoms with Gasteiger partial charge in [-0.15, -0.1) is 0 Å². The molecule has 2 atom stereocenters. The summed E-state index contributed by atoms with van der Waals surface area (Å²) in [5.74, 6) is -0.755. The lowest BCUT2D eigenvalue weighted by atomic mass is 9.88. The van der Waals surface area contributed by atoms with Crippen LogP contribution in [0.2, 0.25) is 0 Å². The summed E-state index contributed by atoms with van der Waals surface area (Å²) in [6, 6.07) is -1.82. The first-order valence-electron chi connectivity index (χ1n) is 7.11. The highest BCUT2D eigenvalue weighted by atomic mass is 32.2. The predicted octanol–water partition coefficient (Wildman–Crippen LogP) is 0.734. The SMILES string of the molecule is COC(=O)[C@H]1[C@@H]2CC(C)(C)CN2S(=O)(=O)N1C(=O)OC(C)C. The van der Waals surface area contributed by atoms with Crippen molar-refractivity contribution in [3.63, 3.8) is 0 Å². The van der Waals surface area contributed by atoms with Crippen molar-refractivity contribution >= 4 is 22.3 Å². The summed E-state index contributed by atoms with van der Waals surface area (Å²) in [6.07, 6.45) is -1.07. The number of fused-ring (bicyclic) bond motifs is 1. The topological polar surface area (TPSA) is 93.2 Å². The van der Waals surface area contributed by atoms with E-state index in [1.807, 2.05) is 13.8 Å². The first-order valence-corrected chi connectivity index (χ1v) is 8.50. The van der Waals surface area contributed by atoms with Crippen LogP contribution in [0.3, 0.4) is 0 Å². The molecule has 0 saturated carbocycles. The van der Waals surface area contributed by atoms with Crippen LogP contribution in [0.1, 0.15) is 34.1 Å². The number of carbonyl (C=O) groups is 2. The van der Waals surface area contributed by atoms with Crippen LogP contribution in [-0.2, 0) is 24.5 Å². The lowest BCUT2D eigenvalue weighted by Crippen LogP contribution is -2.48. The predicted molar refractivity (Wildman–Crippen MR) is 77.1 cm³/mol. The Kier molecular flexibility index (Phi) is 4.16. The van der Waals surface area contributed by atoms with E-state index in [0.29, 0.717) is 10.7 Å². The molecule has 0 aliphatic carbocycles. The molecule has 2 saturated heterocycles. The van der Waals surface area contributed by atoms with E-state index in [1.54, 1.807) is 13.8 Å². The summed E-state index contributed by atoms with van der Waals surface area (Å²) >= 11 is 0. The van der Waals surface area contributed by atoms with E-state index in [0.717, 1.165) is 0 Å². The molecular formula is C13H22N2O6S. The molecular weight excluding hydrogens is 312 g/mol. The Morgan fingerprint density at radius 2 is 1.86 bits per heavy atom. The van der Waals surface area contributed by atoms with Crippen molar-refractivity contribution in [3.05, 3.63) is 0 Å². The molecule has 0 aromatic rings. The van der Waals surface area contributed by atoms with Crippen molar-refractivity contribution in [2.75, 3.05) is 13.7 Å². The molecule has 0 unspecified atom stereocenters. The smallest absolute Gasteiger partial charge is 0.425 e. The van der Waals surface area contributed by atoms with Gasteiger partial charge in [0.1, 0.15) is 0 Å². The third-order valence-corrected chi connectivity index (χ3v) is 5.70. The molecule has 2 aliphatic heterocycles. The molecule has 0 aromatic heterocycles. The Labute approximate surface area is 130 Å². The van der Waals surface area contributed by atoms with Crippen LogP contribution in [-0.4, -0.2) is 60.9 Å². The second-order valence-corrected chi connectivity index (χ2v) is 8.44. The number of esters is 1. The van der Waals surface area contributed by atoms with Gasteiger partial charge in [-0.3, -0.25) is 0 Å². The van der Waals surface area contributed by atoms with E-state index in [9.17, 15) is 18.0 Å². The minimum absolute atomic E-state index is 0.249. The first-order chi connectivity index (χ1) is 10.0. The monoisotopic (exact) mass is 334 g/mol. The number of methoxy groups -OCH3 is 1.